The van der Waals surface area contributed by atoms with E-state index in [0.717, 1.165) is 42.5 Å². The number of hydrogen-bond acceptors (Lipinski definition) is 3. The summed E-state index contributed by atoms with van der Waals surface area (Å²) >= 11 is 6.38. The lowest BCUT2D eigenvalue weighted by Crippen LogP contribution is -2.24. The van der Waals surface area contributed by atoms with Crippen molar-refractivity contribution < 1.29 is 4.74 Å². The minimum Gasteiger partial charge on any atom is -0.377 e. The summed E-state index contributed by atoms with van der Waals surface area (Å²) in [7, 11) is 2.06. The van der Waals surface area contributed by atoms with Gasteiger partial charge in [0.05, 0.1) is 12.7 Å². The Bertz CT molecular complexity index is 421. The van der Waals surface area contributed by atoms with E-state index < -0.39 is 0 Å². The van der Waals surface area contributed by atoms with Crippen molar-refractivity contribution in [1.82, 2.24) is 5.32 Å². The molecule has 3 nitrogen and oxygen atoms in total. The first-order valence-electron chi connectivity index (χ1n) is 7.72. The quantitative estimate of drug-likeness (QED) is 0.747. The molecule has 0 radical (unpaired) electrons. The molecule has 0 heterocycles. The van der Waals surface area contributed by atoms with E-state index in [1.165, 1.54) is 0 Å². The zero-order valence-corrected chi connectivity index (χ0v) is 14.7. The first kappa shape index (κ1) is 18.3. The minimum atomic E-state index is 0.274. The Morgan fingerprint density at radius 1 is 1.24 bits per heavy atom. The highest BCUT2D eigenvalue weighted by molar-refractivity contribution is 6.31. The van der Waals surface area contributed by atoms with Crippen LogP contribution < -0.4 is 10.2 Å². The molecule has 0 aliphatic rings. The van der Waals surface area contributed by atoms with Gasteiger partial charge < -0.3 is 15.0 Å². The third kappa shape index (κ3) is 7.16. The summed E-state index contributed by atoms with van der Waals surface area (Å²) in [5, 5.41) is 4.24. The highest BCUT2D eigenvalue weighted by atomic mass is 35.5. The van der Waals surface area contributed by atoms with Crippen molar-refractivity contribution in [1.29, 1.82) is 0 Å². The van der Waals surface area contributed by atoms with Gasteiger partial charge in [-0.05, 0) is 44.0 Å². The first-order valence-corrected chi connectivity index (χ1v) is 8.09. The predicted molar refractivity (Wildman–Crippen MR) is 92.4 cm³/mol. The molecule has 1 N–H and O–H groups in total. The van der Waals surface area contributed by atoms with Gasteiger partial charge in [0.1, 0.15) is 0 Å². The maximum absolute atomic E-state index is 6.38. The van der Waals surface area contributed by atoms with Crippen LogP contribution in [-0.4, -0.2) is 32.8 Å². The lowest BCUT2D eigenvalue weighted by Gasteiger charge is -2.21. The van der Waals surface area contributed by atoms with Gasteiger partial charge in [0.2, 0.25) is 0 Å². The monoisotopic (exact) mass is 312 g/mol. The van der Waals surface area contributed by atoms with E-state index in [1.807, 2.05) is 6.07 Å². The van der Waals surface area contributed by atoms with E-state index in [1.54, 1.807) is 0 Å². The molecule has 0 bridgehead atoms. The van der Waals surface area contributed by atoms with E-state index in [9.17, 15) is 0 Å². The Hall–Kier alpha value is -0.770. The summed E-state index contributed by atoms with van der Waals surface area (Å²) in [4.78, 5) is 2.17. The van der Waals surface area contributed by atoms with Crippen LogP contribution in [0.15, 0.2) is 18.2 Å². The third-order valence-electron chi connectivity index (χ3n) is 3.22. The normalized spacial score (nSPS) is 11.4. The molecule has 0 saturated heterocycles. The van der Waals surface area contributed by atoms with Gasteiger partial charge in [-0.3, -0.25) is 0 Å². The highest BCUT2D eigenvalue weighted by Crippen LogP contribution is 2.23. The topological polar surface area (TPSA) is 24.5 Å². The van der Waals surface area contributed by atoms with E-state index in [-0.39, 0.29) is 6.10 Å². The molecule has 1 aromatic carbocycles. The Balaban J connectivity index is 2.52. The lowest BCUT2D eigenvalue weighted by molar-refractivity contribution is 0.0846. The van der Waals surface area contributed by atoms with Crippen LogP contribution in [0.25, 0.3) is 0 Å². The van der Waals surface area contributed by atoms with Crippen LogP contribution in [0.4, 0.5) is 5.69 Å². The fraction of sp³-hybridized carbons (Fsp3) is 0.647. The summed E-state index contributed by atoms with van der Waals surface area (Å²) in [6.07, 6.45) is 0.274. The zero-order chi connectivity index (χ0) is 15.8. The molecular weight excluding hydrogens is 284 g/mol. The van der Waals surface area contributed by atoms with Crippen LogP contribution in [0.3, 0.4) is 0 Å². The summed E-state index contributed by atoms with van der Waals surface area (Å²) in [6, 6.07) is 6.25. The molecule has 0 aromatic heterocycles. The van der Waals surface area contributed by atoms with Crippen LogP contribution in [0, 0.1) is 5.92 Å². The fourth-order valence-corrected chi connectivity index (χ4v) is 2.21. The summed E-state index contributed by atoms with van der Waals surface area (Å²) in [5.74, 6) is 0.648. The lowest BCUT2D eigenvalue weighted by atomic mass is 10.1. The van der Waals surface area contributed by atoms with Crippen LogP contribution in [-0.2, 0) is 11.3 Å². The molecule has 120 valence electrons. The number of halogens is 1. The first-order chi connectivity index (χ1) is 9.90. The second-order valence-corrected chi connectivity index (χ2v) is 6.55. The highest BCUT2D eigenvalue weighted by Gasteiger charge is 2.06. The van der Waals surface area contributed by atoms with Gasteiger partial charge in [-0.1, -0.05) is 31.5 Å². The van der Waals surface area contributed by atoms with Gasteiger partial charge in [0, 0.05) is 30.8 Å². The third-order valence-corrected chi connectivity index (χ3v) is 3.58. The fourth-order valence-electron chi connectivity index (χ4n) is 1.97. The molecule has 0 spiro atoms. The van der Waals surface area contributed by atoms with Crippen molar-refractivity contribution >= 4 is 17.3 Å². The maximum atomic E-state index is 6.38. The van der Waals surface area contributed by atoms with Crippen molar-refractivity contribution in [2.75, 3.05) is 31.6 Å². The van der Waals surface area contributed by atoms with Crippen molar-refractivity contribution in [2.24, 2.45) is 5.92 Å². The molecule has 1 aromatic rings. The minimum absolute atomic E-state index is 0.274. The van der Waals surface area contributed by atoms with Gasteiger partial charge in [-0.15, -0.1) is 0 Å². The van der Waals surface area contributed by atoms with Crippen molar-refractivity contribution in [3.63, 3.8) is 0 Å². The van der Waals surface area contributed by atoms with Gasteiger partial charge in [-0.2, -0.15) is 0 Å². The molecule has 0 unspecified atom stereocenters. The number of nitrogens with zero attached hydrogens (tertiary/aromatic N) is 1. The Kier molecular flexibility index (Phi) is 8.09. The van der Waals surface area contributed by atoms with E-state index in [2.05, 4.69) is 57.1 Å². The average molecular weight is 313 g/mol. The van der Waals surface area contributed by atoms with E-state index >= 15 is 0 Å². The van der Waals surface area contributed by atoms with Gasteiger partial charge in [-0.25, -0.2) is 0 Å². The predicted octanol–water partition coefficient (Wildman–Crippen LogP) is 3.95. The van der Waals surface area contributed by atoms with E-state index in [0.29, 0.717) is 5.92 Å². The standard InChI is InChI=1S/C17H29ClN2O/c1-13(2)11-19-12-15-6-7-16(10-17(15)18)20(5)8-9-21-14(3)4/h6-7,10,13-14,19H,8-9,11-12H2,1-5H3. The summed E-state index contributed by atoms with van der Waals surface area (Å²) in [6.45, 7) is 11.9. The molecule has 0 aliphatic carbocycles. The number of rotatable bonds is 9. The molecule has 0 atom stereocenters. The molecule has 0 fully saturated rings. The Morgan fingerprint density at radius 3 is 2.52 bits per heavy atom. The van der Waals surface area contributed by atoms with Gasteiger partial charge in [0.25, 0.3) is 0 Å². The molecule has 21 heavy (non-hydrogen) atoms. The number of nitrogens with one attached hydrogen (secondary N) is 1. The van der Waals surface area contributed by atoms with Crippen molar-refractivity contribution in [3.05, 3.63) is 28.8 Å². The molecular formula is C17H29ClN2O. The molecule has 0 saturated carbocycles. The smallest absolute Gasteiger partial charge is 0.0644 e. The van der Waals surface area contributed by atoms with Crippen LogP contribution in [0.2, 0.25) is 5.02 Å². The number of benzene rings is 1. The second kappa shape index (κ2) is 9.29. The number of likely N-dealkylation sites (N-methyl/N-ethyl adjacent to an activating group) is 1. The second-order valence-electron chi connectivity index (χ2n) is 6.14. The summed E-state index contributed by atoms with van der Waals surface area (Å²) in [5.41, 5.74) is 2.27. The largest absolute Gasteiger partial charge is 0.377 e. The van der Waals surface area contributed by atoms with E-state index in [4.69, 9.17) is 16.3 Å². The van der Waals surface area contributed by atoms with Crippen molar-refractivity contribution in [2.45, 2.75) is 40.3 Å². The SMILES string of the molecule is CC(C)CNCc1ccc(N(C)CCOC(C)C)cc1Cl. The Morgan fingerprint density at radius 2 is 1.95 bits per heavy atom. The average Bonchev–Trinajstić information content (AvgIpc) is 2.39. The number of anilines is 1. The van der Waals surface area contributed by atoms with Crippen molar-refractivity contribution in [3.8, 4) is 0 Å². The maximum Gasteiger partial charge on any atom is 0.0644 e. The van der Waals surface area contributed by atoms with Crippen LogP contribution in [0.5, 0.6) is 0 Å². The molecule has 1 rings (SSSR count). The Labute approximate surface area is 134 Å². The van der Waals surface area contributed by atoms with Crippen LogP contribution >= 0.6 is 11.6 Å². The van der Waals surface area contributed by atoms with Gasteiger partial charge in [0.15, 0.2) is 0 Å². The number of ether oxygens (including phenoxy) is 1. The molecule has 4 heteroatoms. The zero-order valence-electron chi connectivity index (χ0n) is 13.9. The molecule has 0 aliphatic heterocycles. The van der Waals surface area contributed by atoms with Crippen LogP contribution in [0.1, 0.15) is 33.3 Å². The van der Waals surface area contributed by atoms with Gasteiger partial charge >= 0.3 is 0 Å². The summed E-state index contributed by atoms with van der Waals surface area (Å²) < 4.78 is 5.58. The molecule has 0 amide bonds. The number of hydrogen-bond donors (Lipinski definition) is 1.